The maximum atomic E-state index is 6.31. The Labute approximate surface area is 172 Å². The zero-order valence-corrected chi connectivity index (χ0v) is 18.4. The Balaban J connectivity index is 1.69. The van der Waals surface area contributed by atoms with E-state index in [9.17, 15) is 0 Å². The second kappa shape index (κ2) is 6.61. The Morgan fingerprint density at radius 2 is 1.52 bits per heavy atom. The zero-order chi connectivity index (χ0) is 21.0. The van der Waals surface area contributed by atoms with Crippen LogP contribution in [0.2, 0.25) is 0 Å². The molecule has 0 radical (unpaired) electrons. The first-order chi connectivity index (χ1) is 13.6. The molecule has 2 aromatic heterocycles. The van der Waals surface area contributed by atoms with Gasteiger partial charge in [0.1, 0.15) is 6.61 Å². The average Bonchev–Trinajstić information content (AvgIpc) is 3.20. The smallest absolute Gasteiger partial charge is 0.240 e. The largest absolute Gasteiger partial charge is 0.474 e. The van der Waals surface area contributed by atoms with E-state index in [-0.39, 0.29) is 11.1 Å². The lowest BCUT2D eigenvalue weighted by Gasteiger charge is -2.26. The summed E-state index contributed by atoms with van der Waals surface area (Å²) in [6.07, 6.45) is 1.92. The summed E-state index contributed by atoms with van der Waals surface area (Å²) in [6.45, 7) is 15.5. The first-order valence-electron chi connectivity index (χ1n) is 10.1. The molecule has 0 aliphatic rings. The molecule has 4 rings (SSSR count). The van der Waals surface area contributed by atoms with Gasteiger partial charge in [0.15, 0.2) is 0 Å². The molecule has 0 N–H and O–H groups in total. The van der Waals surface area contributed by atoms with Crippen LogP contribution < -0.4 is 4.74 Å². The number of nitrogens with zero attached hydrogens (tertiary/aromatic N) is 4. The van der Waals surface area contributed by atoms with E-state index >= 15 is 0 Å². The lowest BCUT2D eigenvalue weighted by atomic mass is 10.1. The molecule has 4 aromatic rings. The van der Waals surface area contributed by atoms with E-state index in [0.29, 0.717) is 12.5 Å². The highest BCUT2D eigenvalue weighted by Crippen LogP contribution is 2.32. The van der Waals surface area contributed by atoms with Crippen LogP contribution in [0.4, 0.5) is 0 Å². The van der Waals surface area contributed by atoms with Crippen LogP contribution in [0.15, 0.2) is 42.6 Å². The molecule has 0 bridgehead atoms. The van der Waals surface area contributed by atoms with Gasteiger partial charge in [-0.1, -0.05) is 18.2 Å². The normalized spacial score (nSPS) is 12.8. The number of aryl methyl sites for hydroxylation is 2. The van der Waals surface area contributed by atoms with Crippen LogP contribution in [-0.2, 0) is 11.1 Å². The number of hydrogen-bond donors (Lipinski definition) is 0. The van der Waals surface area contributed by atoms with Crippen molar-refractivity contribution in [2.24, 2.45) is 0 Å². The third-order valence-corrected chi connectivity index (χ3v) is 5.30. The topological polar surface area (TPSA) is 44.9 Å². The first kappa shape index (κ1) is 19.5. The number of rotatable bonds is 4. The molecular formula is C24H30N4O. The van der Waals surface area contributed by atoms with Gasteiger partial charge >= 0.3 is 0 Å². The van der Waals surface area contributed by atoms with Crippen LogP contribution in [-0.4, -0.2) is 26.2 Å². The van der Waals surface area contributed by atoms with E-state index in [1.807, 2.05) is 6.20 Å². The lowest BCUT2D eigenvalue weighted by molar-refractivity contribution is 0.168. The minimum atomic E-state index is -0.321. The minimum absolute atomic E-state index is 0.126. The van der Waals surface area contributed by atoms with Crippen LogP contribution in [0.3, 0.4) is 0 Å². The highest BCUT2D eigenvalue weighted by Gasteiger charge is 2.27. The van der Waals surface area contributed by atoms with Gasteiger partial charge in [-0.05, 0) is 77.8 Å². The van der Waals surface area contributed by atoms with Gasteiger partial charge in [0.25, 0.3) is 0 Å². The third kappa shape index (κ3) is 3.50. The van der Waals surface area contributed by atoms with Crippen molar-refractivity contribution in [1.29, 1.82) is 0 Å². The predicted octanol–water partition coefficient (Wildman–Crippen LogP) is 5.57. The number of hydrogen-bond acceptors (Lipinski definition) is 3. The molecule has 0 spiro atoms. The van der Waals surface area contributed by atoms with E-state index in [2.05, 4.69) is 99.3 Å². The Bertz CT molecular complexity index is 1190. The van der Waals surface area contributed by atoms with Crippen molar-refractivity contribution in [3.05, 3.63) is 53.7 Å². The van der Waals surface area contributed by atoms with E-state index in [0.717, 1.165) is 21.8 Å². The second-order valence-corrected chi connectivity index (χ2v) is 9.63. The summed E-state index contributed by atoms with van der Waals surface area (Å²) < 4.78 is 10.4. The maximum absolute atomic E-state index is 6.31. The number of ether oxygens (including phenoxy) is 1. The monoisotopic (exact) mass is 390 g/mol. The van der Waals surface area contributed by atoms with Gasteiger partial charge in [-0.15, -0.1) is 5.10 Å². The molecule has 0 atom stereocenters. The Hall–Kier alpha value is -2.82. The SMILES string of the molecule is Cc1ccc2c(OCC(C)(C)n3ncc4ccc(C)cc43)nn(C(C)(C)C)c2c1. The maximum Gasteiger partial charge on any atom is 0.240 e. The van der Waals surface area contributed by atoms with Crippen molar-refractivity contribution in [2.75, 3.05) is 6.61 Å². The third-order valence-electron chi connectivity index (χ3n) is 5.30. The Morgan fingerprint density at radius 3 is 2.21 bits per heavy atom. The summed E-state index contributed by atoms with van der Waals surface area (Å²) >= 11 is 0. The Kier molecular flexibility index (Phi) is 4.45. The van der Waals surface area contributed by atoms with Crippen LogP contribution in [0.1, 0.15) is 45.7 Å². The van der Waals surface area contributed by atoms with Crippen LogP contribution in [0.5, 0.6) is 5.88 Å². The van der Waals surface area contributed by atoms with Crippen molar-refractivity contribution in [3.8, 4) is 5.88 Å². The summed E-state index contributed by atoms with van der Waals surface area (Å²) in [5.74, 6) is 0.677. The van der Waals surface area contributed by atoms with Crippen molar-refractivity contribution in [2.45, 2.75) is 59.5 Å². The van der Waals surface area contributed by atoms with E-state index < -0.39 is 0 Å². The molecule has 0 saturated carbocycles. The predicted molar refractivity (Wildman–Crippen MR) is 119 cm³/mol. The summed E-state index contributed by atoms with van der Waals surface area (Å²) in [4.78, 5) is 0. The van der Waals surface area contributed by atoms with Crippen molar-refractivity contribution < 1.29 is 4.74 Å². The molecule has 152 valence electrons. The zero-order valence-electron chi connectivity index (χ0n) is 18.4. The van der Waals surface area contributed by atoms with Gasteiger partial charge in [0, 0.05) is 5.39 Å². The van der Waals surface area contributed by atoms with Crippen LogP contribution >= 0.6 is 0 Å². The summed E-state index contributed by atoms with van der Waals surface area (Å²) in [5, 5.41) is 11.7. The van der Waals surface area contributed by atoms with E-state index in [1.165, 1.54) is 11.1 Å². The molecule has 29 heavy (non-hydrogen) atoms. The highest BCUT2D eigenvalue weighted by molar-refractivity contribution is 5.85. The first-order valence-corrected chi connectivity index (χ1v) is 10.1. The van der Waals surface area contributed by atoms with Gasteiger partial charge < -0.3 is 4.74 Å². The van der Waals surface area contributed by atoms with Crippen molar-refractivity contribution >= 4 is 21.8 Å². The molecule has 0 fully saturated rings. The van der Waals surface area contributed by atoms with E-state index in [4.69, 9.17) is 9.84 Å². The second-order valence-electron chi connectivity index (χ2n) is 9.63. The van der Waals surface area contributed by atoms with Gasteiger partial charge in [-0.3, -0.25) is 9.36 Å². The van der Waals surface area contributed by atoms with Crippen molar-refractivity contribution in [1.82, 2.24) is 19.6 Å². The average molecular weight is 391 g/mol. The lowest BCUT2D eigenvalue weighted by Crippen LogP contribution is -2.34. The molecule has 5 heteroatoms. The van der Waals surface area contributed by atoms with E-state index in [1.54, 1.807) is 0 Å². The van der Waals surface area contributed by atoms with Gasteiger partial charge in [-0.2, -0.15) is 5.10 Å². The quantitative estimate of drug-likeness (QED) is 0.457. The fraction of sp³-hybridized carbons (Fsp3) is 0.417. The molecule has 2 heterocycles. The molecule has 2 aromatic carbocycles. The number of benzene rings is 2. The highest BCUT2D eigenvalue weighted by atomic mass is 16.5. The number of fused-ring (bicyclic) bond motifs is 2. The van der Waals surface area contributed by atoms with Crippen molar-refractivity contribution in [3.63, 3.8) is 0 Å². The van der Waals surface area contributed by atoms with Crippen LogP contribution in [0.25, 0.3) is 21.8 Å². The fourth-order valence-corrected chi connectivity index (χ4v) is 3.73. The molecule has 0 aliphatic heterocycles. The van der Waals surface area contributed by atoms with Gasteiger partial charge in [0.2, 0.25) is 5.88 Å². The molecule has 5 nitrogen and oxygen atoms in total. The Morgan fingerprint density at radius 1 is 0.862 bits per heavy atom. The number of aromatic nitrogens is 4. The summed E-state index contributed by atoms with van der Waals surface area (Å²) in [5.41, 5.74) is 4.22. The standard InChI is InChI=1S/C24H30N4O/c1-16-8-10-18-14-25-28(20(18)12-16)24(6,7)15-29-22-19-11-9-17(2)13-21(19)27(26-22)23(3,4)5/h8-14H,15H2,1-7H3. The fourth-order valence-electron chi connectivity index (χ4n) is 3.73. The molecule has 0 amide bonds. The summed E-state index contributed by atoms with van der Waals surface area (Å²) in [6, 6.07) is 12.8. The molecule has 0 saturated heterocycles. The van der Waals surface area contributed by atoms with Crippen LogP contribution in [0, 0.1) is 13.8 Å². The van der Waals surface area contributed by atoms with Gasteiger partial charge in [0.05, 0.1) is 33.7 Å². The molecular weight excluding hydrogens is 360 g/mol. The summed E-state index contributed by atoms with van der Waals surface area (Å²) in [7, 11) is 0. The van der Waals surface area contributed by atoms with Gasteiger partial charge in [-0.25, -0.2) is 0 Å². The minimum Gasteiger partial charge on any atom is -0.474 e. The molecule has 0 unspecified atom stereocenters. The molecule has 0 aliphatic carbocycles.